The second kappa shape index (κ2) is 9.02. The van der Waals surface area contributed by atoms with Gasteiger partial charge in [0.2, 0.25) is 0 Å². The third-order valence-corrected chi connectivity index (χ3v) is 7.91. The molecule has 170 valence electrons. The van der Waals surface area contributed by atoms with Crippen molar-refractivity contribution < 1.29 is 4.79 Å². The maximum atomic E-state index is 12.1. The van der Waals surface area contributed by atoms with Crippen molar-refractivity contribution in [2.24, 2.45) is 5.92 Å². The van der Waals surface area contributed by atoms with E-state index in [0.29, 0.717) is 18.5 Å². The molecule has 1 aliphatic carbocycles. The van der Waals surface area contributed by atoms with E-state index in [1.807, 2.05) is 30.3 Å². The van der Waals surface area contributed by atoms with E-state index >= 15 is 0 Å². The molecule has 1 fully saturated rings. The summed E-state index contributed by atoms with van der Waals surface area (Å²) < 4.78 is 2.42. The Balaban J connectivity index is 1.60. The van der Waals surface area contributed by atoms with E-state index in [2.05, 4.69) is 41.6 Å². The molecule has 2 aliphatic rings. The maximum Gasteiger partial charge on any atom is 0.127 e. The van der Waals surface area contributed by atoms with E-state index in [1.165, 1.54) is 16.8 Å². The van der Waals surface area contributed by atoms with Crippen molar-refractivity contribution >= 4 is 23.0 Å². The van der Waals surface area contributed by atoms with Crippen LogP contribution in [0.5, 0.6) is 0 Å². The third kappa shape index (κ3) is 3.93. The van der Waals surface area contributed by atoms with Crippen molar-refractivity contribution in [3.05, 3.63) is 59.4 Å². The molecule has 1 saturated carbocycles. The van der Waals surface area contributed by atoms with Crippen LogP contribution in [0.1, 0.15) is 67.9 Å². The van der Waals surface area contributed by atoms with E-state index in [-0.39, 0.29) is 11.8 Å². The molecule has 0 bridgehead atoms. The van der Waals surface area contributed by atoms with Gasteiger partial charge in [-0.25, -0.2) is 4.98 Å². The minimum atomic E-state index is -0.212. The molecule has 5 nitrogen and oxygen atoms in total. The Bertz CT molecular complexity index is 1180. The van der Waals surface area contributed by atoms with Gasteiger partial charge in [0.05, 0.1) is 17.1 Å². The van der Waals surface area contributed by atoms with Crippen LogP contribution in [-0.4, -0.2) is 28.9 Å². The molecular formula is C28H32N4O. The Morgan fingerprint density at radius 3 is 2.58 bits per heavy atom. The van der Waals surface area contributed by atoms with Crippen molar-refractivity contribution in [2.75, 3.05) is 11.9 Å². The number of benzene rings is 2. The van der Waals surface area contributed by atoms with E-state index in [0.717, 1.165) is 61.7 Å². The molecule has 3 aromatic rings. The van der Waals surface area contributed by atoms with Gasteiger partial charge in [0, 0.05) is 48.6 Å². The van der Waals surface area contributed by atoms with Crippen LogP contribution in [0, 0.1) is 17.2 Å². The fraction of sp³-hybridized carbons (Fsp3) is 0.464. The molecule has 0 saturated heterocycles. The van der Waals surface area contributed by atoms with Gasteiger partial charge in [-0.05, 0) is 63.1 Å². The van der Waals surface area contributed by atoms with Crippen molar-refractivity contribution in [3.8, 4) is 6.07 Å². The molecule has 1 aliphatic heterocycles. The number of hydrogen-bond acceptors (Lipinski definition) is 4. The average molecular weight is 441 g/mol. The van der Waals surface area contributed by atoms with Gasteiger partial charge in [0.15, 0.2) is 0 Å². The number of carbonyl (C=O) groups excluding carboxylic acids is 1. The first-order chi connectivity index (χ1) is 16.1. The number of anilines is 1. The second-order valence-corrected chi connectivity index (χ2v) is 9.82. The number of aldehydes is 1. The van der Waals surface area contributed by atoms with E-state index in [1.54, 1.807) is 0 Å². The molecule has 2 unspecified atom stereocenters. The third-order valence-electron chi connectivity index (χ3n) is 7.91. The molecule has 2 aromatic carbocycles. The highest BCUT2D eigenvalue weighted by molar-refractivity contribution is 5.86. The molecule has 33 heavy (non-hydrogen) atoms. The number of hydrogen-bond donors (Lipinski definition) is 0. The van der Waals surface area contributed by atoms with Gasteiger partial charge >= 0.3 is 0 Å². The summed E-state index contributed by atoms with van der Waals surface area (Å²) in [4.78, 5) is 19.7. The summed E-state index contributed by atoms with van der Waals surface area (Å²) in [5, 5.41) is 9.38. The SMILES string of the molecule is CC1CCc2c(ccc3c2nc(CC(C=O)c2ccccc2)n3C2CCC(C#N)CC2)N1C. The summed E-state index contributed by atoms with van der Waals surface area (Å²) in [5.74, 6) is 0.950. The number of nitriles is 1. The van der Waals surface area contributed by atoms with Gasteiger partial charge in [-0.15, -0.1) is 0 Å². The van der Waals surface area contributed by atoms with Crippen LogP contribution < -0.4 is 4.90 Å². The number of carbonyl (C=O) groups is 1. The standard InChI is InChI=1S/C28H32N4O/c1-19-8-13-24-25(31(19)2)14-15-26-28(24)30-27(16-22(18-33)21-6-4-3-5-7-21)32(26)23-11-9-20(17-29)10-12-23/h3-7,14-15,18-20,22-23H,8-13,16H2,1-2H3. The van der Waals surface area contributed by atoms with Gasteiger partial charge in [-0.1, -0.05) is 30.3 Å². The van der Waals surface area contributed by atoms with Crippen LogP contribution >= 0.6 is 0 Å². The predicted molar refractivity (Wildman–Crippen MR) is 131 cm³/mol. The Hall–Kier alpha value is -3.13. The molecule has 0 N–H and O–H groups in total. The first-order valence-corrected chi connectivity index (χ1v) is 12.3. The summed E-state index contributed by atoms with van der Waals surface area (Å²) in [5.41, 5.74) is 5.93. The zero-order valence-electron chi connectivity index (χ0n) is 19.6. The predicted octanol–water partition coefficient (Wildman–Crippen LogP) is 5.59. The minimum absolute atomic E-state index is 0.162. The lowest BCUT2D eigenvalue weighted by Crippen LogP contribution is -2.33. The summed E-state index contributed by atoms with van der Waals surface area (Å²) in [6, 6.07) is 17.8. The molecule has 5 rings (SSSR count). The molecule has 5 heteroatoms. The van der Waals surface area contributed by atoms with Gasteiger partial charge in [-0.3, -0.25) is 0 Å². The molecule has 2 heterocycles. The zero-order valence-corrected chi connectivity index (χ0v) is 19.6. The number of aromatic nitrogens is 2. The minimum Gasteiger partial charge on any atom is -0.372 e. The summed E-state index contributed by atoms with van der Waals surface area (Å²) in [7, 11) is 2.17. The van der Waals surface area contributed by atoms with Crippen molar-refractivity contribution in [1.82, 2.24) is 9.55 Å². The molecule has 0 spiro atoms. The van der Waals surface area contributed by atoms with Crippen LogP contribution in [0.2, 0.25) is 0 Å². The number of imidazole rings is 1. The van der Waals surface area contributed by atoms with Crippen LogP contribution in [0.3, 0.4) is 0 Å². The van der Waals surface area contributed by atoms with Crippen molar-refractivity contribution in [3.63, 3.8) is 0 Å². The zero-order chi connectivity index (χ0) is 22.9. The molecule has 1 aromatic heterocycles. The number of nitrogens with zero attached hydrogens (tertiary/aromatic N) is 4. The Labute approximate surface area is 196 Å². The highest BCUT2D eigenvalue weighted by Gasteiger charge is 2.30. The van der Waals surface area contributed by atoms with Crippen LogP contribution in [0.25, 0.3) is 11.0 Å². The molecule has 0 radical (unpaired) electrons. The number of rotatable bonds is 5. The van der Waals surface area contributed by atoms with E-state index in [9.17, 15) is 10.1 Å². The van der Waals surface area contributed by atoms with Gasteiger partial charge in [-0.2, -0.15) is 5.26 Å². The normalized spacial score (nSPS) is 23.7. The molecular weight excluding hydrogens is 408 g/mol. The van der Waals surface area contributed by atoms with E-state index < -0.39 is 0 Å². The lowest BCUT2D eigenvalue weighted by atomic mass is 9.86. The fourth-order valence-corrected chi connectivity index (χ4v) is 5.77. The topological polar surface area (TPSA) is 61.9 Å². The van der Waals surface area contributed by atoms with Crippen molar-refractivity contribution in [2.45, 2.75) is 69.9 Å². The first-order valence-electron chi connectivity index (χ1n) is 12.3. The first kappa shape index (κ1) is 21.7. The number of aryl methyl sites for hydroxylation is 1. The van der Waals surface area contributed by atoms with E-state index in [4.69, 9.17) is 4.98 Å². The smallest absolute Gasteiger partial charge is 0.127 e. The quantitative estimate of drug-likeness (QED) is 0.485. The molecule has 0 amide bonds. The van der Waals surface area contributed by atoms with Gasteiger partial charge in [0.1, 0.15) is 12.1 Å². The highest BCUT2D eigenvalue weighted by atomic mass is 16.1. The van der Waals surface area contributed by atoms with Crippen LogP contribution in [0.4, 0.5) is 5.69 Å². The Morgan fingerprint density at radius 2 is 1.88 bits per heavy atom. The lowest BCUT2D eigenvalue weighted by Gasteiger charge is -2.34. The van der Waals surface area contributed by atoms with Gasteiger partial charge < -0.3 is 14.3 Å². The maximum absolute atomic E-state index is 12.1. The van der Waals surface area contributed by atoms with Crippen molar-refractivity contribution in [1.29, 1.82) is 5.26 Å². The largest absolute Gasteiger partial charge is 0.372 e. The summed E-state index contributed by atoms with van der Waals surface area (Å²) >= 11 is 0. The Kier molecular flexibility index (Phi) is 5.93. The van der Waals surface area contributed by atoms with Gasteiger partial charge in [0.25, 0.3) is 0 Å². The fourth-order valence-electron chi connectivity index (χ4n) is 5.77. The highest BCUT2D eigenvalue weighted by Crippen LogP contribution is 2.40. The monoisotopic (exact) mass is 440 g/mol. The summed E-state index contributed by atoms with van der Waals surface area (Å²) in [6.07, 6.45) is 7.66. The Morgan fingerprint density at radius 1 is 1.12 bits per heavy atom. The number of fused-ring (bicyclic) bond motifs is 3. The second-order valence-electron chi connectivity index (χ2n) is 9.82. The van der Waals surface area contributed by atoms with Crippen LogP contribution in [0.15, 0.2) is 42.5 Å². The lowest BCUT2D eigenvalue weighted by molar-refractivity contribution is -0.109. The summed E-state index contributed by atoms with van der Waals surface area (Å²) in [6.45, 7) is 2.28. The molecule has 2 atom stereocenters. The average Bonchev–Trinajstić information content (AvgIpc) is 3.23. The van der Waals surface area contributed by atoms with Crippen LogP contribution in [-0.2, 0) is 17.6 Å².